The SMILES string of the molecule is Nc1ncccc1-c1cc(Cc2ccc(OCc3ccc(P)cn3)c(F)c2)no1. The van der Waals surface area contributed by atoms with Crippen molar-refractivity contribution >= 4 is 20.4 Å². The molecule has 0 saturated heterocycles. The maximum absolute atomic E-state index is 14.4. The monoisotopic (exact) mass is 408 g/mol. The van der Waals surface area contributed by atoms with Gasteiger partial charge in [-0.05, 0) is 41.2 Å². The summed E-state index contributed by atoms with van der Waals surface area (Å²) < 4.78 is 25.3. The molecule has 0 aliphatic heterocycles. The number of aromatic nitrogens is 3. The third-order valence-electron chi connectivity index (χ3n) is 4.27. The molecule has 4 rings (SSSR count). The minimum atomic E-state index is -0.439. The number of anilines is 1. The van der Waals surface area contributed by atoms with Crippen LogP contribution in [-0.2, 0) is 13.0 Å². The van der Waals surface area contributed by atoms with Crippen LogP contribution in [0.4, 0.5) is 10.2 Å². The summed E-state index contributed by atoms with van der Waals surface area (Å²) >= 11 is 0. The molecule has 0 aliphatic carbocycles. The molecule has 2 N–H and O–H groups in total. The largest absolute Gasteiger partial charge is 0.484 e. The van der Waals surface area contributed by atoms with E-state index >= 15 is 0 Å². The molecular weight excluding hydrogens is 390 g/mol. The van der Waals surface area contributed by atoms with Crippen molar-refractivity contribution in [2.75, 3.05) is 5.73 Å². The van der Waals surface area contributed by atoms with Gasteiger partial charge in [-0.3, -0.25) is 4.98 Å². The van der Waals surface area contributed by atoms with E-state index in [1.54, 1.807) is 42.7 Å². The van der Waals surface area contributed by atoms with Gasteiger partial charge in [0.05, 0.1) is 17.0 Å². The Balaban J connectivity index is 1.43. The Morgan fingerprint density at radius 3 is 2.72 bits per heavy atom. The summed E-state index contributed by atoms with van der Waals surface area (Å²) in [5, 5.41) is 5.02. The second kappa shape index (κ2) is 8.37. The first kappa shape index (κ1) is 19.0. The third-order valence-corrected chi connectivity index (χ3v) is 4.61. The Morgan fingerprint density at radius 1 is 1.07 bits per heavy atom. The number of nitrogens with two attached hydrogens (primary N) is 1. The number of hydrogen-bond acceptors (Lipinski definition) is 6. The molecule has 8 heteroatoms. The van der Waals surface area contributed by atoms with Gasteiger partial charge >= 0.3 is 0 Å². The van der Waals surface area contributed by atoms with Crippen molar-refractivity contribution in [2.24, 2.45) is 0 Å². The minimum absolute atomic E-state index is 0.175. The molecule has 3 aromatic heterocycles. The van der Waals surface area contributed by atoms with Crippen LogP contribution < -0.4 is 15.8 Å². The highest BCUT2D eigenvalue weighted by molar-refractivity contribution is 7.27. The first-order valence-corrected chi connectivity index (χ1v) is 9.44. The Labute approximate surface area is 169 Å². The molecule has 0 aliphatic rings. The molecule has 29 heavy (non-hydrogen) atoms. The second-order valence-corrected chi connectivity index (χ2v) is 7.10. The minimum Gasteiger partial charge on any atom is -0.484 e. The first-order valence-electron chi connectivity index (χ1n) is 8.86. The second-order valence-electron chi connectivity index (χ2n) is 6.43. The zero-order chi connectivity index (χ0) is 20.2. The zero-order valence-electron chi connectivity index (χ0n) is 15.4. The topological polar surface area (TPSA) is 87.1 Å². The molecular formula is C21H18FN4O2P. The Morgan fingerprint density at radius 2 is 1.97 bits per heavy atom. The zero-order valence-corrected chi connectivity index (χ0v) is 16.5. The molecule has 3 heterocycles. The predicted molar refractivity (Wildman–Crippen MR) is 111 cm³/mol. The van der Waals surface area contributed by atoms with E-state index in [0.29, 0.717) is 29.3 Å². The highest BCUT2D eigenvalue weighted by Crippen LogP contribution is 2.26. The molecule has 1 unspecified atom stereocenters. The van der Waals surface area contributed by atoms with Crippen LogP contribution in [0.25, 0.3) is 11.3 Å². The van der Waals surface area contributed by atoms with E-state index in [9.17, 15) is 4.39 Å². The van der Waals surface area contributed by atoms with Crippen molar-refractivity contribution in [1.29, 1.82) is 0 Å². The van der Waals surface area contributed by atoms with Crippen LogP contribution >= 0.6 is 9.24 Å². The van der Waals surface area contributed by atoms with Crippen LogP contribution in [0.15, 0.2) is 65.4 Å². The van der Waals surface area contributed by atoms with E-state index in [1.807, 2.05) is 12.1 Å². The fourth-order valence-electron chi connectivity index (χ4n) is 2.80. The number of ether oxygens (including phenoxy) is 1. The van der Waals surface area contributed by atoms with Crippen LogP contribution in [0.5, 0.6) is 5.75 Å². The van der Waals surface area contributed by atoms with Crippen molar-refractivity contribution in [1.82, 2.24) is 15.1 Å². The van der Waals surface area contributed by atoms with Gasteiger partial charge in [-0.2, -0.15) is 0 Å². The van der Waals surface area contributed by atoms with Gasteiger partial charge in [-0.25, -0.2) is 9.37 Å². The van der Waals surface area contributed by atoms with E-state index in [-0.39, 0.29) is 12.4 Å². The van der Waals surface area contributed by atoms with Crippen molar-refractivity contribution in [2.45, 2.75) is 13.0 Å². The summed E-state index contributed by atoms with van der Waals surface area (Å²) in [6, 6.07) is 13.9. The predicted octanol–water partition coefficient (Wildman–Crippen LogP) is 3.52. The Hall–Kier alpha value is -3.31. The van der Waals surface area contributed by atoms with Crippen LogP contribution in [0.3, 0.4) is 0 Å². The molecule has 146 valence electrons. The maximum Gasteiger partial charge on any atom is 0.170 e. The lowest BCUT2D eigenvalue weighted by molar-refractivity contribution is 0.286. The van der Waals surface area contributed by atoms with E-state index < -0.39 is 5.82 Å². The molecule has 0 saturated carbocycles. The van der Waals surface area contributed by atoms with Gasteiger partial charge in [0.25, 0.3) is 0 Å². The number of halogens is 1. The van der Waals surface area contributed by atoms with Crippen molar-refractivity contribution in [3.8, 4) is 17.1 Å². The number of nitrogen functional groups attached to an aromatic ring is 1. The van der Waals surface area contributed by atoms with Gasteiger partial charge in [0, 0.05) is 24.9 Å². The maximum atomic E-state index is 14.4. The molecule has 0 bridgehead atoms. The summed E-state index contributed by atoms with van der Waals surface area (Å²) in [5.74, 6) is 0.624. The molecule has 1 aromatic carbocycles. The Kier molecular flexibility index (Phi) is 5.49. The lowest BCUT2D eigenvalue weighted by Gasteiger charge is -2.08. The molecule has 1 atom stereocenters. The summed E-state index contributed by atoms with van der Waals surface area (Å²) in [4.78, 5) is 8.26. The lowest BCUT2D eigenvalue weighted by atomic mass is 10.1. The van der Waals surface area contributed by atoms with E-state index in [4.69, 9.17) is 15.0 Å². The highest BCUT2D eigenvalue weighted by Gasteiger charge is 2.12. The smallest absolute Gasteiger partial charge is 0.170 e. The molecule has 0 fully saturated rings. The number of nitrogens with zero attached hydrogens (tertiary/aromatic N) is 3. The summed E-state index contributed by atoms with van der Waals surface area (Å²) in [6.45, 7) is 0.195. The lowest BCUT2D eigenvalue weighted by Crippen LogP contribution is -2.02. The van der Waals surface area contributed by atoms with Gasteiger partial charge in [0.15, 0.2) is 17.3 Å². The van der Waals surface area contributed by atoms with Gasteiger partial charge in [-0.15, -0.1) is 9.24 Å². The average molecular weight is 408 g/mol. The summed E-state index contributed by atoms with van der Waals surface area (Å²) in [5.41, 5.74) is 8.67. The molecule has 6 nitrogen and oxygen atoms in total. The molecule has 0 amide bonds. The summed E-state index contributed by atoms with van der Waals surface area (Å²) in [6.07, 6.45) is 3.74. The van der Waals surface area contributed by atoms with Crippen LogP contribution in [-0.4, -0.2) is 15.1 Å². The average Bonchev–Trinajstić information content (AvgIpc) is 3.17. The van der Waals surface area contributed by atoms with Gasteiger partial charge in [-0.1, -0.05) is 17.3 Å². The third kappa shape index (κ3) is 4.58. The van der Waals surface area contributed by atoms with Crippen molar-refractivity contribution < 1.29 is 13.7 Å². The number of hydrogen-bond donors (Lipinski definition) is 1. The number of benzene rings is 1. The van der Waals surface area contributed by atoms with Crippen LogP contribution in [0.2, 0.25) is 0 Å². The highest BCUT2D eigenvalue weighted by atomic mass is 31.0. The van der Waals surface area contributed by atoms with E-state index in [2.05, 4.69) is 24.4 Å². The van der Waals surface area contributed by atoms with Crippen LogP contribution in [0, 0.1) is 5.82 Å². The fraction of sp³-hybridized carbons (Fsp3) is 0.0952. The number of pyridine rings is 2. The number of rotatable bonds is 6. The summed E-state index contributed by atoms with van der Waals surface area (Å²) in [7, 11) is 2.56. The van der Waals surface area contributed by atoms with Gasteiger partial charge < -0.3 is 15.0 Å². The van der Waals surface area contributed by atoms with Gasteiger partial charge in [0.1, 0.15) is 12.4 Å². The fourth-order valence-corrected chi connectivity index (χ4v) is 2.97. The normalized spacial score (nSPS) is 10.8. The molecule has 0 spiro atoms. The molecule has 4 aromatic rings. The van der Waals surface area contributed by atoms with Crippen molar-refractivity contribution in [3.63, 3.8) is 0 Å². The Bertz CT molecular complexity index is 1130. The quantitative estimate of drug-likeness (QED) is 0.491. The molecule has 0 radical (unpaired) electrons. The van der Waals surface area contributed by atoms with Gasteiger partial charge in [0.2, 0.25) is 0 Å². The first-order chi connectivity index (χ1) is 14.1. The standard InChI is InChI=1S/C21H18FN4O2P/c22-18-9-13(3-6-19(18)27-12-14-4-5-16(29)11-25-14)8-15-10-20(28-26-15)17-2-1-7-24-21(17)23/h1-7,9-11H,8,12,29H2,(H2,23,24). The van der Waals surface area contributed by atoms with Crippen LogP contribution in [0.1, 0.15) is 17.0 Å². The van der Waals surface area contributed by atoms with E-state index in [1.165, 1.54) is 6.07 Å². The van der Waals surface area contributed by atoms with E-state index in [0.717, 1.165) is 16.6 Å². The van der Waals surface area contributed by atoms with Crippen molar-refractivity contribution in [3.05, 3.63) is 83.7 Å².